The van der Waals surface area contributed by atoms with E-state index in [-0.39, 0.29) is 11.9 Å². The lowest BCUT2D eigenvalue weighted by Gasteiger charge is -2.35. The summed E-state index contributed by atoms with van der Waals surface area (Å²) in [4.78, 5) is 13.8. The van der Waals surface area contributed by atoms with Gasteiger partial charge in [0, 0.05) is 17.5 Å². The van der Waals surface area contributed by atoms with Gasteiger partial charge in [-0.3, -0.25) is 4.79 Å². The summed E-state index contributed by atoms with van der Waals surface area (Å²) < 4.78 is 0. The first-order chi connectivity index (χ1) is 9.45. The van der Waals surface area contributed by atoms with Crippen LogP contribution in [-0.4, -0.2) is 25.0 Å². The van der Waals surface area contributed by atoms with Crippen molar-refractivity contribution in [1.29, 1.82) is 0 Å². The van der Waals surface area contributed by atoms with Gasteiger partial charge in [-0.1, -0.05) is 26.0 Å². The molecule has 3 heteroatoms. The maximum Gasteiger partial charge on any atom is 0.282 e. The third-order valence-corrected chi connectivity index (χ3v) is 4.32. The molecule has 0 bridgehead atoms. The molecule has 0 radical (unpaired) electrons. The van der Waals surface area contributed by atoms with Crippen LogP contribution in [0, 0.1) is 18.8 Å². The van der Waals surface area contributed by atoms with Gasteiger partial charge in [0.25, 0.3) is 5.91 Å². The fourth-order valence-electron chi connectivity index (χ4n) is 3.34. The van der Waals surface area contributed by atoms with Crippen LogP contribution in [0.4, 0.5) is 5.69 Å². The molecule has 2 N–H and O–H groups in total. The van der Waals surface area contributed by atoms with Gasteiger partial charge in [0.2, 0.25) is 0 Å². The van der Waals surface area contributed by atoms with Crippen molar-refractivity contribution < 1.29 is 9.69 Å². The number of rotatable bonds is 3. The van der Waals surface area contributed by atoms with E-state index < -0.39 is 0 Å². The molecule has 1 amide bonds. The van der Waals surface area contributed by atoms with Crippen LogP contribution in [0.1, 0.15) is 32.8 Å². The predicted molar refractivity (Wildman–Crippen MR) is 82.9 cm³/mol. The molecule has 4 atom stereocenters. The zero-order valence-corrected chi connectivity index (χ0v) is 13.1. The molecule has 1 aromatic carbocycles. The second kappa shape index (κ2) is 6.40. The van der Waals surface area contributed by atoms with E-state index >= 15 is 0 Å². The largest absolute Gasteiger partial charge is 0.324 e. The van der Waals surface area contributed by atoms with E-state index in [1.165, 1.54) is 16.9 Å². The molecule has 1 aromatic rings. The van der Waals surface area contributed by atoms with E-state index in [4.69, 9.17) is 0 Å². The van der Waals surface area contributed by atoms with Gasteiger partial charge in [-0.25, -0.2) is 0 Å². The molecule has 1 aliphatic rings. The number of amides is 1. The lowest BCUT2D eigenvalue weighted by atomic mass is 9.91. The molecular formula is C17H27N2O+. The number of quaternary nitrogens is 1. The minimum absolute atomic E-state index is 0.0145. The van der Waals surface area contributed by atoms with E-state index in [0.29, 0.717) is 11.8 Å². The Morgan fingerprint density at radius 2 is 1.95 bits per heavy atom. The minimum atomic E-state index is 0.0145. The average molecular weight is 275 g/mol. The topological polar surface area (TPSA) is 33.5 Å². The third-order valence-electron chi connectivity index (χ3n) is 4.32. The predicted octanol–water partition coefficient (Wildman–Crippen LogP) is 1.88. The van der Waals surface area contributed by atoms with Crippen LogP contribution in [0.25, 0.3) is 0 Å². The number of piperidine rings is 1. The molecule has 0 spiro atoms. The van der Waals surface area contributed by atoms with Gasteiger partial charge in [0.1, 0.15) is 0 Å². The molecule has 2 rings (SSSR count). The van der Waals surface area contributed by atoms with E-state index in [0.717, 1.165) is 18.8 Å². The number of carbonyl (C=O) groups excluding carboxylic acids is 1. The van der Waals surface area contributed by atoms with Crippen molar-refractivity contribution in [3.8, 4) is 0 Å². The van der Waals surface area contributed by atoms with Crippen molar-refractivity contribution in [3.63, 3.8) is 0 Å². The van der Waals surface area contributed by atoms with Crippen LogP contribution < -0.4 is 10.2 Å². The number of benzene rings is 1. The van der Waals surface area contributed by atoms with Gasteiger partial charge in [-0.05, 0) is 38.0 Å². The van der Waals surface area contributed by atoms with Crippen LogP contribution in [0.2, 0.25) is 0 Å². The average Bonchev–Trinajstić information content (AvgIpc) is 2.36. The summed E-state index contributed by atoms with van der Waals surface area (Å²) >= 11 is 0. The first kappa shape index (κ1) is 15.0. The summed E-state index contributed by atoms with van der Waals surface area (Å²) in [7, 11) is 0. The highest BCUT2D eigenvalue weighted by Crippen LogP contribution is 2.13. The van der Waals surface area contributed by atoms with Crippen LogP contribution in [-0.2, 0) is 4.79 Å². The summed E-state index contributed by atoms with van der Waals surface area (Å²) in [6, 6.07) is 8.00. The first-order valence-corrected chi connectivity index (χ1v) is 7.67. The standard InChI is InChI=1S/C17H26N2O/c1-12-6-5-7-16(9-12)18-17(20)15(4)19-10-13(2)8-14(3)11-19/h5-7,9,13-15H,8,10-11H2,1-4H3,(H,18,20)/p+1/t13-,14+,15-/m1/s1. The van der Waals surface area contributed by atoms with E-state index in [9.17, 15) is 4.79 Å². The Balaban J connectivity index is 1.98. The molecule has 0 saturated carbocycles. The Morgan fingerprint density at radius 1 is 1.30 bits per heavy atom. The third kappa shape index (κ3) is 3.83. The zero-order valence-electron chi connectivity index (χ0n) is 13.1. The smallest absolute Gasteiger partial charge is 0.282 e. The number of nitrogens with one attached hydrogen (secondary N) is 2. The Bertz CT molecular complexity index is 462. The number of anilines is 1. The maximum atomic E-state index is 12.4. The molecule has 1 heterocycles. The molecule has 1 unspecified atom stereocenters. The van der Waals surface area contributed by atoms with Gasteiger partial charge in [-0.2, -0.15) is 0 Å². The van der Waals surface area contributed by atoms with Crippen molar-refractivity contribution in [1.82, 2.24) is 0 Å². The summed E-state index contributed by atoms with van der Waals surface area (Å²) in [6.07, 6.45) is 1.29. The van der Waals surface area contributed by atoms with Gasteiger partial charge >= 0.3 is 0 Å². The highest BCUT2D eigenvalue weighted by atomic mass is 16.2. The second-order valence-corrected chi connectivity index (χ2v) is 6.59. The normalized spacial score (nSPS) is 27.9. The summed E-state index contributed by atoms with van der Waals surface area (Å²) in [5.41, 5.74) is 2.07. The summed E-state index contributed by atoms with van der Waals surface area (Å²) in [5, 5.41) is 3.05. The van der Waals surface area contributed by atoms with Crippen molar-refractivity contribution in [2.45, 2.75) is 40.2 Å². The lowest BCUT2D eigenvalue weighted by molar-refractivity contribution is -0.925. The molecule has 1 fully saturated rings. The second-order valence-electron chi connectivity index (χ2n) is 6.59. The SMILES string of the molecule is Cc1cccc(NC(=O)[C@@H](C)[NH+]2C[C@H](C)C[C@H](C)C2)c1. The minimum Gasteiger partial charge on any atom is -0.324 e. The van der Waals surface area contributed by atoms with E-state index in [1.807, 2.05) is 38.1 Å². The van der Waals surface area contributed by atoms with Crippen molar-refractivity contribution in [2.24, 2.45) is 11.8 Å². The number of likely N-dealkylation sites (tertiary alicyclic amines) is 1. The number of aryl methyl sites for hydroxylation is 1. The van der Waals surface area contributed by atoms with Crippen molar-refractivity contribution in [2.75, 3.05) is 18.4 Å². The fraction of sp³-hybridized carbons (Fsp3) is 0.588. The van der Waals surface area contributed by atoms with Gasteiger partial charge in [0.15, 0.2) is 6.04 Å². The highest BCUT2D eigenvalue weighted by Gasteiger charge is 2.32. The molecule has 3 nitrogen and oxygen atoms in total. The molecule has 1 aliphatic heterocycles. The summed E-state index contributed by atoms with van der Waals surface area (Å²) in [5.74, 6) is 1.55. The van der Waals surface area contributed by atoms with Crippen molar-refractivity contribution >= 4 is 11.6 Å². The van der Waals surface area contributed by atoms with Crippen LogP contribution >= 0.6 is 0 Å². The highest BCUT2D eigenvalue weighted by molar-refractivity contribution is 5.93. The zero-order chi connectivity index (χ0) is 14.7. The van der Waals surface area contributed by atoms with Gasteiger partial charge < -0.3 is 10.2 Å². The van der Waals surface area contributed by atoms with E-state index in [1.54, 1.807) is 0 Å². The molecule has 0 aromatic heterocycles. The van der Waals surface area contributed by atoms with Crippen LogP contribution in [0.5, 0.6) is 0 Å². The molecular weight excluding hydrogens is 248 g/mol. The molecule has 20 heavy (non-hydrogen) atoms. The molecule has 110 valence electrons. The Morgan fingerprint density at radius 3 is 2.55 bits per heavy atom. The monoisotopic (exact) mass is 275 g/mol. The quantitative estimate of drug-likeness (QED) is 0.868. The number of carbonyl (C=O) groups is 1. The van der Waals surface area contributed by atoms with Gasteiger partial charge in [-0.15, -0.1) is 0 Å². The lowest BCUT2D eigenvalue weighted by Crippen LogP contribution is -3.18. The van der Waals surface area contributed by atoms with Crippen LogP contribution in [0.3, 0.4) is 0 Å². The number of hydrogen-bond acceptors (Lipinski definition) is 1. The van der Waals surface area contributed by atoms with E-state index in [2.05, 4.69) is 19.2 Å². The van der Waals surface area contributed by atoms with Crippen LogP contribution in [0.15, 0.2) is 24.3 Å². The molecule has 1 saturated heterocycles. The van der Waals surface area contributed by atoms with Crippen molar-refractivity contribution in [3.05, 3.63) is 29.8 Å². The Labute approximate surface area is 122 Å². The summed E-state index contributed by atoms with van der Waals surface area (Å²) in [6.45, 7) is 10.9. The number of hydrogen-bond donors (Lipinski definition) is 2. The maximum absolute atomic E-state index is 12.4. The van der Waals surface area contributed by atoms with Gasteiger partial charge in [0.05, 0.1) is 13.1 Å². The fourth-order valence-corrected chi connectivity index (χ4v) is 3.34. The molecule has 0 aliphatic carbocycles. The first-order valence-electron chi connectivity index (χ1n) is 7.67. The Kier molecular flexibility index (Phi) is 4.81. The Hall–Kier alpha value is -1.35.